The summed E-state index contributed by atoms with van der Waals surface area (Å²) in [5, 5.41) is 11.0. The zero-order valence-electron chi connectivity index (χ0n) is 8.06. The first-order chi connectivity index (χ1) is 6.61. The van der Waals surface area contributed by atoms with Crippen LogP contribution in [0.1, 0.15) is 13.3 Å². The van der Waals surface area contributed by atoms with Crippen molar-refractivity contribution in [2.75, 3.05) is 13.1 Å². The maximum Gasteiger partial charge on any atom is 0.325 e. The first kappa shape index (κ1) is 10.6. The van der Waals surface area contributed by atoms with Gasteiger partial charge in [0, 0.05) is 13.1 Å². The molecule has 0 saturated carbocycles. The van der Waals surface area contributed by atoms with Crippen LogP contribution in [-0.2, 0) is 4.79 Å². The SMILES string of the molecule is C[C@H](NC(=O)N1CC=CCC1)C(=O)O. The third-order valence-electron chi connectivity index (χ3n) is 2.06. The highest BCUT2D eigenvalue weighted by Gasteiger charge is 2.18. The van der Waals surface area contributed by atoms with Gasteiger partial charge in [0.25, 0.3) is 0 Å². The van der Waals surface area contributed by atoms with Gasteiger partial charge in [-0.2, -0.15) is 0 Å². The fourth-order valence-electron chi connectivity index (χ4n) is 1.16. The lowest BCUT2D eigenvalue weighted by Gasteiger charge is -2.24. The lowest BCUT2D eigenvalue weighted by atomic mass is 10.2. The Hall–Kier alpha value is -1.52. The summed E-state index contributed by atoms with van der Waals surface area (Å²) in [5.74, 6) is -1.02. The minimum atomic E-state index is -1.02. The average molecular weight is 198 g/mol. The molecule has 0 aliphatic carbocycles. The van der Waals surface area contributed by atoms with Crippen molar-refractivity contribution in [2.24, 2.45) is 0 Å². The molecule has 1 heterocycles. The van der Waals surface area contributed by atoms with Crippen LogP contribution >= 0.6 is 0 Å². The highest BCUT2D eigenvalue weighted by Crippen LogP contribution is 2.01. The van der Waals surface area contributed by atoms with Crippen molar-refractivity contribution < 1.29 is 14.7 Å². The molecule has 0 spiro atoms. The van der Waals surface area contributed by atoms with Gasteiger partial charge in [-0.25, -0.2) is 4.79 Å². The van der Waals surface area contributed by atoms with Crippen LogP contribution < -0.4 is 5.32 Å². The van der Waals surface area contributed by atoms with E-state index in [2.05, 4.69) is 5.32 Å². The molecule has 78 valence electrons. The number of urea groups is 1. The largest absolute Gasteiger partial charge is 0.480 e. The third kappa shape index (κ3) is 2.76. The summed E-state index contributed by atoms with van der Waals surface area (Å²) >= 11 is 0. The van der Waals surface area contributed by atoms with E-state index < -0.39 is 12.0 Å². The van der Waals surface area contributed by atoms with Crippen molar-refractivity contribution in [1.82, 2.24) is 10.2 Å². The summed E-state index contributed by atoms with van der Waals surface area (Å²) in [5.41, 5.74) is 0. The fourth-order valence-corrected chi connectivity index (χ4v) is 1.16. The molecule has 0 fully saturated rings. The van der Waals surface area contributed by atoms with Crippen molar-refractivity contribution in [3.8, 4) is 0 Å². The molecule has 0 aromatic carbocycles. The smallest absolute Gasteiger partial charge is 0.325 e. The lowest BCUT2D eigenvalue weighted by Crippen LogP contribution is -2.47. The molecular weight excluding hydrogens is 184 g/mol. The number of hydrogen-bond donors (Lipinski definition) is 2. The number of nitrogens with one attached hydrogen (secondary N) is 1. The molecular formula is C9H14N2O3. The number of carbonyl (C=O) groups excluding carboxylic acids is 1. The summed E-state index contributed by atoms with van der Waals surface area (Å²) < 4.78 is 0. The molecule has 2 N–H and O–H groups in total. The van der Waals surface area contributed by atoms with Crippen LogP contribution in [0.5, 0.6) is 0 Å². The molecule has 0 aromatic heterocycles. The van der Waals surface area contributed by atoms with Crippen LogP contribution in [0.2, 0.25) is 0 Å². The van der Waals surface area contributed by atoms with Crippen LogP contribution in [0.15, 0.2) is 12.2 Å². The lowest BCUT2D eigenvalue weighted by molar-refractivity contribution is -0.138. The van der Waals surface area contributed by atoms with Gasteiger partial charge in [0.1, 0.15) is 6.04 Å². The highest BCUT2D eigenvalue weighted by molar-refractivity contribution is 5.82. The molecule has 1 aliphatic rings. The van der Waals surface area contributed by atoms with Crippen molar-refractivity contribution in [3.63, 3.8) is 0 Å². The van der Waals surface area contributed by atoms with E-state index in [9.17, 15) is 9.59 Å². The van der Waals surface area contributed by atoms with E-state index in [-0.39, 0.29) is 6.03 Å². The zero-order chi connectivity index (χ0) is 10.6. The maximum atomic E-state index is 11.4. The molecule has 0 radical (unpaired) electrons. The van der Waals surface area contributed by atoms with E-state index in [0.29, 0.717) is 13.1 Å². The Morgan fingerprint density at radius 3 is 2.71 bits per heavy atom. The van der Waals surface area contributed by atoms with Crippen LogP contribution in [0.4, 0.5) is 4.79 Å². The van der Waals surface area contributed by atoms with Crippen LogP contribution in [0.3, 0.4) is 0 Å². The second kappa shape index (κ2) is 4.64. The summed E-state index contributed by atoms with van der Waals surface area (Å²) in [4.78, 5) is 23.5. The van der Waals surface area contributed by atoms with E-state index in [1.807, 2.05) is 12.2 Å². The number of amides is 2. The van der Waals surface area contributed by atoms with E-state index in [1.165, 1.54) is 6.92 Å². The number of carboxylic acids is 1. The summed E-state index contributed by atoms with van der Waals surface area (Å²) in [7, 11) is 0. The van der Waals surface area contributed by atoms with Gasteiger partial charge in [0.2, 0.25) is 0 Å². The van der Waals surface area contributed by atoms with Crippen molar-refractivity contribution in [3.05, 3.63) is 12.2 Å². The summed E-state index contributed by atoms with van der Waals surface area (Å²) in [6.45, 7) is 2.65. The Balaban J connectivity index is 2.41. The van der Waals surface area contributed by atoms with Gasteiger partial charge in [-0.15, -0.1) is 0 Å². The van der Waals surface area contributed by atoms with Gasteiger partial charge in [-0.3, -0.25) is 4.79 Å². The Morgan fingerprint density at radius 2 is 2.21 bits per heavy atom. The number of carbonyl (C=O) groups is 2. The van der Waals surface area contributed by atoms with Crippen molar-refractivity contribution >= 4 is 12.0 Å². The first-order valence-corrected chi connectivity index (χ1v) is 4.54. The molecule has 1 atom stereocenters. The topological polar surface area (TPSA) is 69.6 Å². The highest BCUT2D eigenvalue weighted by atomic mass is 16.4. The molecule has 14 heavy (non-hydrogen) atoms. The summed E-state index contributed by atoms with van der Waals surface area (Å²) in [6, 6.07) is -1.15. The Bertz CT molecular complexity index is 263. The van der Waals surface area contributed by atoms with Crippen molar-refractivity contribution in [2.45, 2.75) is 19.4 Å². The van der Waals surface area contributed by atoms with Gasteiger partial charge in [0.15, 0.2) is 0 Å². The van der Waals surface area contributed by atoms with Gasteiger partial charge in [-0.1, -0.05) is 12.2 Å². The van der Waals surface area contributed by atoms with Gasteiger partial charge in [0.05, 0.1) is 0 Å². The minimum absolute atomic E-state index is 0.316. The Kier molecular flexibility index (Phi) is 3.50. The van der Waals surface area contributed by atoms with Gasteiger partial charge in [-0.05, 0) is 13.3 Å². The van der Waals surface area contributed by atoms with E-state index in [0.717, 1.165) is 6.42 Å². The molecule has 1 aliphatic heterocycles. The van der Waals surface area contributed by atoms with Crippen LogP contribution in [0.25, 0.3) is 0 Å². The van der Waals surface area contributed by atoms with E-state index >= 15 is 0 Å². The molecule has 0 bridgehead atoms. The fraction of sp³-hybridized carbons (Fsp3) is 0.556. The molecule has 1 rings (SSSR count). The predicted molar refractivity (Wildman–Crippen MR) is 51.0 cm³/mol. The minimum Gasteiger partial charge on any atom is -0.480 e. The monoisotopic (exact) mass is 198 g/mol. The van der Waals surface area contributed by atoms with E-state index in [1.54, 1.807) is 4.90 Å². The molecule has 2 amide bonds. The number of carboxylic acid groups (broad SMARTS) is 1. The quantitative estimate of drug-likeness (QED) is 0.632. The normalized spacial score (nSPS) is 17.6. The zero-order valence-corrected chi connectivity index (χ0v) is 8.06. The average Bonchev–Trinajstić information content (AvgIpc) is 2.19. The predicted octanol–water partition coefficient (Wildman–Crippen LogP) is 0.431. The number of nitrogens with zero attached hydrogens (tertiary/aromatic N) is 1. The van der Waals surface area contributed by atoms with Gasteiger partial charge < -0.3 is 15.3 Å². The summed E-state index contributed by atoms with van der Waals surface area (Å²) in [6.07, 6.45) is 4.73. The Morgan fingerprint density at radius 1 is 1.50 bits per heavy atom. The molecule has 0 aromatic rings. The number of rotatable bonds is 2. The maximum absolute atomic E-state index is 11.4. The number of aliphatic carboxylic acids is 1. The molecule has 0 unspecified atom stereocenters. The van der Waals surface area contributed by atoms with E-state index in [4.69, 9.17) is 5.11 Å². The van der Waals surface area contributed by atoms with Crippen molar-refractivity contribution in [1.29, 1.82) is 0 Å². The molecule has 5 heteroatoms. The Labute approximate surface area is 82.4 Å². The van der Waals surface area contributed by atoms with Gasteiger partial charge >= 0.3 is 12.0 Å². The van der Waals surface area contributed by atoms with Crippen LogP contribution in [0, 0.1) is 0 Å². The standard InChI is InChI=1S/C9H14N2O3/c1-7(8(12)13)10-9(14)11-5-3-2-4-6-11/h2-3,7H,4-6H2,1H3,(H,10,14)(H,12,13)/t7-/m0/s1. The second-order valence-electron chi connectivity index (χ2n) is 3.22. The molecule has 5 nitrogen and oxygen atoms in total. The first-order valence-electron chi connectivity index (χ1n) is 4.54. The second-order valence-corrected chi connectivity index (χ2v) is 3.22. The molecule has 0 saturated heterocycles. The van der Waals surface area contributed by atoms with Crippen LogP contribution in [-0.4, -0.2) is 41.1 Å². The number of hydrogen-bond acceptors (Lipinski definition) is 2. The third-order valence-corrected chi connectivity index (χ3v) is 2.06.